The van der Waals surface area contributed by atoms with Gasteiger partial charge < -0.3 is 9.64 Å². The summed E-state index contributed by atoms with van der Waals surface area (Å²) < 4.78 is 5.86. The van der Waals surface area contributed by atoms with Crippen LogP contribution < -0.4 is 0 Å². The molecule has 0 bridgehead atoms. The molecule has 1 aromatic rings. The molecular weight excluding hydrogens is 210 g/mol. The highest BCUT2D eigenvalue weighted by Gasteiger charge is 2.16. The van der Waals surface area contributed by atoms with Gasteiger partial charge in [-0.15, -0.1) is 0 Å². The summed E-state index contributed by atoms with van der Waals surface area (Å²) >= 11 is 0. The first-order chi connectivity index (χ1) is 8.20. The number of nitrogens with zero attached hydrogens (tertiary/aromatic N) is 1. The predicted octanol–water partition coefficient (Wildman–Crippen LogP) is 2.81. The molecule has 17 heavy (non-hydrogen) atoms. The van der Waals surface area contributed by atoms with Crippen LogP contribution in [0.15, 0.2) is 18.2 Å². The number of fused-ring (bicyclic) bond motifs is 1. The van der Waals surface area contributed by atoms with Crippen molar-refractivity contribution in [2.24, 2.45) is 0 Å². The Hall–Kier alpha value is -0.860. The highest BCUT2D eigenvalue weighted by molar-refractivity contribution is 5.36. The van der Waals surface area contributed by atoms with Gasteiger partial charge in [-0.25, -0.2) is 0 Å². The molecule has 0 N–H and O–H groups in total. The number of benzene rings is 1. The smallest absolute Gasteiger partial charge is 0.0951 e. The number of hydrogen-bond acceptors (Lipinski definition) is 2. The van der Waals surface area contributed by atoms with Crippen LogP contribution >= 0.6 is 0 Å². The molecule has 0 spiro atoms. The highest BCUT2D eigenvalue weighted by Crippen LogP contribution is 2.27. The van der Waals surface area contributed by atoms with Crippen LogP contribution in [0, 0.1) is 0 Å². The molecule has 0 fully saturated rings. The van der Waals surface area contributed by atoms with Gasteiger partial charge in [-0.3, -0.25) is 0 Å². The molecule has 0 aromatic heterocycles. The highest BCUT2D eigenvalue weighted by atomic mass is 16.5. The fourth-order valence-electron chi connectivity index (χ4n) is 2.58. The molecule has 1 unspecified atom stereocenters. The van der Waals surface area contributed by atoms with Crippen LogP contribution in [0.4, 0.5) is 0 Å². The van der Waals surface area contributed by atoms with Crippen molar-refractivity contribution in [1.29, 1.82) is 0 Å². The van der Waals surface area contributed by atoms with Crippen molar-refractivity contribution >= 4 is 0 Å². The molecule has 2 nitrogen and oxygen atoms in total. The first-order valence-electron chi connectivity index (χ1n) is 6.58. The average Bonchev–Trinajstić information content (AvgIpc) is 2.74. The molecule has 0 aliphatic heterocycles. The van der Waals surface area contributed by atoms with Crippen LogP contribution in [0.2, 0.25) is 0 Å². The van der Waals surface area contributed by atoms with Gasteiger partial charge in [0.1, 0.15) is 0 Å². The van der Waals surface area contributed by atoms with Gasteiger partial charge in [-0.1, -0.05) is 18.2 Å². The fourth-order valence-corrected chi connectivity index (χ4v) is 2.58. The van der Waals surface area contributed by atoms with Gasteiger partial charge in [0, 0.05) is 13.2 Å². The summed E-state index contributed by atoms with van der Waals surface area (Å²) in [6.07, 6.45) is 4.01. The van der Waals surface area contributed by atoms with Crippen molar-refractivity contribution in [3.05, 3.63) is 34.9 Å². The maximum absolute atomic E-state index is 5.86. The van der Waals surface area contributed by atoms with E-state index in [1.54, 1.807) is 0 Å². The van der Waals surface area contributed by atoms with Gasteiger partial charge in [0.05, 0.1) is 6.10 Å². The van der Waals surface area contributed by atoms with Crippen LogP contribution in [0.25, 0.3) is 0 Å². The number of likely N-dealkylation sites (N-methyl/N-ethyl adjacent to an activating group) is 1. The quantitative estimate of drug-likeness (QED) is 0.775. The lowest BCUT2D eigenvalue weighted by Crippen LogP contribution is -2.22. The molecule has 1 aromatic carbocycles. The maximum atomic E-state index is 5.86. The van der Waals surface area contributed by atoms with Crippen molar-refractivity contribution in [2.45, 2.75) is 32.3 Å². The van der Waals surface area contributed by atoms with Crippen molar-refractivity contribution in [3.8, 4) is 0 Å². The van der Waals surface area contributed by atoms with E-state index in [-0.39, 0.29) is 6.10 Å². The number of rotatable bonds is 5. The maximum Gasteiger partial charge on any atom is 0.0951 e. The Morgan fingerprint density at radius 3 is 2.71 bits per heavy atom. The minimum atomic E-state index is 0.209. The Labute approximate surface area is 105 Å². The van der Waals surface area contributed by atoms with E-state index < -0.39 is 0 Å². The summed E-state index contributed by atoms with van der Waals surface area (Å²) in [5.74, 6) is 0. The lowest BCUT2D eigenvalue weighted by atomic mass is 10.0. The van der Waals surface area contributed by atoms with Crippen LogP contribution in [0.3, 0.4) is 0 Å². The number of aryl methyl sites for hydroxylation is 2. The van der Waals surface area contributed by atoms with Gasteiger partial charge in [0.15, 0.2) is 0 Å². The second-order valence-electron chi connectivity index (χ2n) is 5.09. The van der Waals surface area contributed by atoms with E-state index in [0.29, 0.717) is 0 Å². The topological polar surface area (TPSA) is 12.5 Å². The zero-order valence-electron chi connectivity index (χ0n) is 11.2. The molecule has 94 valence electrons. The second-order valence-corrected chi connectivity index (χ2v) is 5.09. The van der Waals surface area contributed by atoms with Crippen LogP contribution in [0.5, 0.6) is 0 Å². The molecular formula is C15H23NO. The summed E-state index contributed by atoms with van der Waals surface area (Å²) in [7, 11) is 4.19. The van der Waals surface area contributed by atoms with E-state index in [1.165, 1.54) is 36.0 Å². The van der Waals surface area contributed by atoms with E-state index in [4.69, 9.17) is 4.74 Å². The predicted molar refractivity (Wildman–Crippen MR) is 71.4 cm³/mol. The Morgan fingerprint density at radius 2 is 2.00 bits per heavy atom. The molecule has 1 aliphatic carbocycles. The van der Waals surface area contributed by atoms with Crippen molar-refractivity contribution in [1.82, 2.24) is 4.90 Å². The summed E-state index contributed by atoms with van der Waals surface area (Å²) in [4.78, 5) is 2.19. The minimum absolute atomic E-state index is 0.209. The number of hydrogen-bond donors (Lipinski definition) is 0. The third-order valence-corrected chi connectivity index (χ3v) is 3.39. The minimum Gasteiger partial charge on any atom is -0.372 e. The molecule has 0 saturated carbocycles. The van der Waals surface area contributed by atoms with Gasteiger partial charge in [0.25, 0.3) is 0 Å². The van der Waals surface area contributed by atoms with Crippen molar-refractivity contribution in [2.75, 3.05) is 27.2 Å². The summed E-state index contributed by atoms with van der Waals surface area (Å²) in [6, 6.07) is 6.89. The summed E-state index contributed by atoms with van der Waals surface area (Å²) in [5, 5.41) is 0. The van der Waals surface area contributed by atoms with Gasteiger partial charge in [-0.2, -0.15) is 0 Å². The monoisotopic (exact) mass is 233 g/mol. The standard InChI is InChI=1S/C15H23NO/c1-4-17-15(11-16(2)3)14-9-8-12-6-5-7-13(12)10-14/h8-10,15H,4-7,11H2,1-3H3. The van der Waals surface area contributed by atoms with Crippen LogP contribution in [-0.2, 0) is 17.6 Å². The van der Waals surface area contributed by atoms with Crippen molar-refractivity contribution in [3.63, 3.8) is 0 Å². The largest absolute Gasteiger partial charge is 0.372 e. The molecule has 0 saturated heterocycles. The Kier molecular flexibility index (Phi) is 4.19. The Morgan fingerprint density at radius 1 is 1.24 bits per heavy atom. The molecule has 2 heteroatoms. The third kappa shape index (κ3) is 3.08. The molecule has 2 rings (SSSR count). The zero-order valence-corrected chi connectivity index (χ0v) is 11.2. The molecule has 0 amide bonds. The first-order valence-corrected chi connectivity index (χ1v) is 6.58. The lowest BCUT2D eigenvalue weighted by Gasteiger charge is -2.22. The SMILES string of the molecule is CCOC(CN(C)C)c1ccc2c(c1)CCC2. The van der Waals surface area contributed by atoms with E-state index >= 15 is 0 Å². The lowest BCUT2D eigenvalue weighted by molar-refractivity contribution is 0.0434. The fraction of sp³-hybridized carbons (Fsp3) is 0.600. The third-order valence-electron chi connectivity index (χ3n) is 3.39. The van der Waals surface area contributed by atoms with Crippen LogP contribution in [-0.4, -0.2) is 32.1 Å². The normalized spacial score (nSPS) is 16.2. The number of ether oxygens (including phenoxy) is 1. The second kappa shape index (κ2) is 5.65. The van der Waals surface area contributed by atoms with Crippen molar-refractivity contribution < 1.29 is 4.74 Å². The van der Waals surface area contributed by atoms with Crippen LogP contribution in [0.1, 0.15) is 36.1 Å². The van der Waals surface area contributed by atoms with E-state index in [1.807, 2.05) is 0 Å². The van der Waals surface area contributed by atoms with Gasteiger partial charge in [0.2, 0.25) is 0 Å². The summed E-state index contributed by atoms with van der Waals surface area (Å²) in [5.41, 5.74) is 4.40. The molecule has 0 radical (unpaired) electrons. The summed E-state index contributed by atoms with van der Waals surface area (Å²) in [6.45, 7) is 3.79. The van der Waals surface area contributed by atoms with Gasteiger partial charge >= 0.3 is 0 Å². The van der Waals surface area contributed by atoms with Gasteiger partial charge in [-0.05, 0) is 57.0 Å². The Bertz CT molecular complexity index is 373. The van der Waals surface area contributed by atoms with E-state index in [0.717, 1.165) is 13.2 Å². The average molecular weight is 233 g/mol. The van der Waals surface area contributed by atoms with E-state index in [9.17, 15) is 0 Å². The molecule has 0 heterocycles. The Balaban J connectivity index is 2.17. The molecule has 1 aliphatic rings. The first kappa shape index (κ1) is 12.6. The zero-order chi connectivity index (χ0) is 12.3. The van der Waals surface area contributed by atoms with E-state index in [2.05, 4.69) is 44.1 Å². The molecule has 1 atom stereocenters.